The van der Waals surface area contributed by atoms with Crippen LogP contribution in [0.25, 0.3) is 0 Å². The number of hydrogen-bond donors (Lipinski definition) is 2. The van der Waals surface area contributed by atoms with Crippen LogP contribution >= 0.6 is 0 Å². The number of nitrogens with zero attached hydrogens (tertiary/aromatic N) is 1. The third-order valence-electron chi connectivity index (χ3n) is 4.24. The van der Waals surface area contributed by atoms with Crippen molar-refractivity contribution in [1.29, 1.82) is 0 Å². The van der Waals surface area contributed by atoms with Gasteiger partial charge < -0.3 is 10.4 Å². The topological polar surface area (TPSA) is 62.2 Å². The molecule has 4 nitrogen and oxygen atoms in total. The van der Waals surface area contributed by atoms with Crippen LogP contribution in [0, 0.1) is 5.41 Å². The molecule has 0 spiro atoms. The van der Waals surface area contributed by atoms with Gasteiger partial charge in [-0.2, -0.15) is 0 Å². The summed E-state index contributed by atoms with van der Waals surface area (Å²) in [5.74, 6) is 0.0500. The lowest BCUT2D eigenvalue weighted by molar-refractivity contribution is -0.121. The molecule has 1 amide bonds. The summed E-state index contributed by atoms with van der Waals surface area (Å²) in [5, 5.41) is 12.6. The standard InChI is InChI=1S/C16H24N2O2/c19-13-16(9-3-1-4-10-16)12-18-15(20)8-7-14-6-2-5-11-17-14/h2,5-6,11,19H,1,3-4,7-10,12-13H2,(H,18,20). The van der Waals surface area contributed by atoms with Crippen LogP contribution in [-0.2, 0) is 11.2 Å². The maximum Gasteiger partial charge on any atom is 0.220 e. The lowest BCUT2D eigenvalue weighted by Gasteiger charge is -2.35. The first kappa shape index (κ1) is 15.0. The molecule has 0 atom stereocenters. The lowest BCUT2D eigenvalue weighted by atomic mass is 9.74. The summed E-state index contributed by atoms with van der Waals surface area (Å²) in [6.45, 7) is 0.776. The van der Waals surface area contributed by atoms with E-state index in [1.54, 1.807) is 6.20 Å². The van der Waals surface area contributed by atoms with Crippen LogP contribution in [-0.4, -0.2) is 29.1 Å². The Hall–Kier alpha value is -1.42. The molecular weight excluding hydrogens is 252 g/mol. The number of aromatic nitrogens is 1. The molecule has 2 rings (SSSR count). The number of rotatable bonds is 6. The Kier molecular flexibility index (Phi) is 5.53. The highest BCUT2D eigenvalue weighted by Crippen LogP contribution is 2.35. The number of nitrogens with one attached hydrogen (secondary N) is 1. The maximum absolute atomic E-state index is 11.9. The van der Waals surface area contributed by atoms with Crippen molar-refractivity contribution in [1.82, 2.24) is 10.3 Å². The van der Waals surface area contributed by atoms with E-state index in [-0.39, 0.29) is 17.9 Å². The van der Waals surface area contributed by atoms with Crippen LogP contribution in [0.4, 0.5) is 0 Å². The molecule has 1 saturated carbocycles. The molecule has 0 aromatic carbocycles. The number of amides is 1. The van der Waals surface area contributed by atoms with Crippen molar-refractivity contribution >= 4 is 5.91 Å². The van der Waals surface area contributed by atoms with E-state index in [1.165, 1.54) is 6.42 Å². The van der Waals surface area contributed by atoms with Gasteiger partial charge in [-0.1, -0.05) is 25.3 Å². The van der Waals surface area contributed by atoms with Gasteiger partial charge in [-0.3, -0.25) is 9.78 Å². The molecule has 1 aliphatic rings. The van der Waals surface area contributed by atoms with Crippen molar-refractivity contribution in [3.05, 3.63) is 30.1 Å². The summed E-state index contributed by atoms with van der Waals surface area (Å²) in [4.78, 5) is 16.1. The highest BCUT2D eigenvalue weighted by molar-refractivity contribution is 5.76. The van der Waals surface area contributed by atoms with E-state index >= 15 is 0 Å². The number of hydrogen-bond acceptors (Lipinski definition) is 3. The minimum Gasteiger partial charge on any atom is -0.396 e. The van der Waals surface area contributed by atoms with Gasteiger partial charge in [-0.05, 0) is 31.4 Å². The van der Waals surface area contributed by atoms with Crippen molar-refractivity contribution < 1.29 is 9.90 Å². The Morgan fingerprint density at radius 1 is 1.30 bits per heavy atom. The first-order chi connectivity index (χ1) is 9.74. The van der Waals surface area contributed by atoms with Crippen molar-refractivity contribution in [3.63, 3.8) is 0 Å². The number of aryl methyl sites for hydroxylation is 1. The monoisotopic (exact) mass is 276 g/mol. The van der Waals surface area contributed by atoms with E-state index in [2.05, 4.69) is 10.3 Å². The summed E-state index contributed by atoms with van der Waals surface area (Å²) in [5.41, 5.74) is 0.857. The largest absolute Gasteiger partial charge is 0.396 e. The van der Waals surface area contributed by atoms with Gasteiger partial charge in [0.1, 0.15) is 0 Å². The zero-order valence-corrected chi connectivity index (χ0v) is 12.0. The molecule has 1 aromatic heterocycles. The van der Waals surface area contributed by atoms with Crippen LogP contribution in [0.5, 0.6) is 0 Å². The van der Waals surface area contributed by atoms with E-state index in [9.17, 15) is 9.90 Å². The predicted molar refractivity (Wildman–Crippen MR) is 78.2 cm³/mol. The van der Waals surface area contributed by atoms with E-state index in [1.807, 2.05) is 18.2 Å². The molecule has 0 aliphatic heterocycles. The second-order valence-corrected chi connectivity index (χ2v) is 5.82. The van der Waals surface area contributed by atoms with Crippen molar-refractivity contribution in [2.45, 2.75) is 44.9 Å². The quantitative estimate of drug-likeness (QED) is 0.836. The second kappa shape index (κ2) is 7.39. The van der Waals surface area contributed by atoms with Crippen molar-refractivity contribution in [2.24, 2.45) is 5.41 Å². The SMILES string of the molecule is O=C(CCc1ccccn1)NCC1(CO)CCCCC1. The van der Waals surface area contributed by atoms with Crippen LogP contribution in [0.1, 0.15) is 44.2 Å². The molecule has 4 heteroatoms. The van der Waals surface area contributed by atoms with Gasteiger partial charge in [0, 0.05) is 30.3 Å². The van der Waals surface area contributed by atoms with Crippen molar-refractivity contribution in [2.75, 3.05) is 13.2 Å². The van der Waals surface area contributed by atoms with Gasteiger partial charge in [0.15, 0.2) is 0 Å². The van der Waals surface area contributed by atoms with Crippen LogP contribution in [0.3, 0.4) is 0 Å². The van der Waals surface area contributed by atoms with Gasteiger partial charge >= 0.3 is 0 Å². The average molecular weight is 276 g/mol. The average Bonchev–Trinajstić information content (AvgIpc) is 2.53. The van der Waals surface area contributed by atoms with Gasteiger partial charge in [0.25, 0.3) is 0 Å². The van der Waals surface area contributed by atoms with E-state index in [4.69, 9.17) is 0 Å². The van der Waals surface area contributed by atoms with Crippen LogP contribution in [0.2, 0.25) is 0 Å². The molecule has 1 fully saturated rings. The van der Waals surface area contributed by atoms with E-state index < -0.39 is 0 Å². The smallest absolute Gasteiger partial charge is 0.220 e. The Balaban J connectivity index is 1.74. The summed E-state index contributed by atoms with van der Waals surface area (Å²) in [7, 11) is 0. The number of carbonyl (C=O) groups excluding carboxylic acids is 1. The number of pyridine rings is 1. The third kappa shape index (κ3) is 4.30. The zero-order valence-electron chi connectivity index (χ0n) is 12.0. The van der Waals surface area contributed by atoms with E-state index in [0.29, 0.717) is 19.4 Å². The highest BCUT2D eigenvalue weighted by atomic mass is 16.3. The van der Waals surface area contributed by atoms with Gasteiger partial charge in [0.05, 0.1) is 6.61 Å². The first-order valence-corrected chi connectivity index (χ1v) is 7.52. The third-order valence-corrected chi connectivity index (χ3v) is 4.24. The fourth-order valence-electron chi connectivity index (χ4n) is 2.85. The first-order valence-electron chi connectivity index (χ1n) is 7.52. The fraction of sp³-hybridized carbons (Fsp3) is 0.625. The van der Waals surface area contributed by atoms with Crippen LogP contribution < -0.4 is 5.32 Å². The Labute approximate surface area is 120 Å². The normalized spacial score (nSPS) is 17.6. The molecule has 0 saturated heterocycles. The lowest BCUT2D eigenvalue weighted by Crippen LogP contribution is -2.41. The summed E-state index contributed by atoms with van der Waals surface area (Å²) < 4.78 is 0. The molecule has 0 radical (unpaired) electrons. The zero-order chi connectivity index (χ0) is 14.3. The maximum atomic E-state index is 11.9. The van der Waals surface area contributed by atoms with Gasteiger partial charge in [-0.25, -0.2) is 0 Å². The summed E-state index contributed by atoms with van der Waals surface area (Å²) in [6.07, 6.45) is 8.46. The number of aliphatic hydroxyl groups is 1. The van der Waals surface area contributed by atoms with E-state index in [0.717, 1.165) is 31.4 Å². The minimum absolute atomic E-state index is 0.0500. The second-order valence-electron chi connectivity index (χ2n) is 5.82. The molecular formula is C16H24N2O2. The molecule has 1 aromatic rings. The predicted octanol–water partition coefficient (Wildman–Crippen LogP) is 2.07. The van der Waals surface area contributed by atoms with Crippen molar-refractivity contribution in [3.8, 4) is 0 Å². The highest BCUT2D eigenvalue weighted by Gasteiger charge is 2.31. The van der Waals surface area contributed by atoms with Gasteiger partial charge in [0.2, 0.25) is 5.91 Å². The minimum atomic E-state index is -0.0844. The molecule has 1 aliphatic carbocycles. The molecule has 20 heavy (non-hydrogen) atoms. The molecule has 0 unspecified atom stereocenters. The molecule has 2 N–H and O–H groups in total. The summed E-state index contributed by atoms with van der Waals surface area (Å²) >= 11 is 0. The Bertz CT molecular complexity index is 414. The molecule has 1 heterocycles. The molecule has 110 valence electrons. The molecule has 0 bridgehead atoms. The number of carbonyl (C=O) groups is 1. The fourth-order valence-corrected chi connectivity index (χ4v) is 2.85. The summed E-state index contributed by atoms with van der Waals surface area (Å²) in [6, 6.07) is 5.74. The number of aliphatic hydroxyl groups excluding tert-OH is 1. The Morgan fingerprint density at radius 2 is 2.10 bits per heavy atom. The Morgan fingerprint density at radius 3 is 2.75 bits per heavy atom. The van der Waals surface area contributed by atoms with Gasteiger partial charge in [-0.15, -0.1) is 0 Å². The van der Waals surface area contributed by atoms with Crippen LogP contribution in [0.15, 0.2) is 24.4 Å².